The molecule has 0 bridgehead atoms. The summed E-state index contributed by atoms with van der Waals surface area (Å²) >= 11 is 0. The molecule has 1 aromatic rings. The Morgan fingerprint density at radius 3 is 3.15 bits per heavy atom. The molecule has 0 aliphatic heterocycles. The maximum Gasteiger partial charge on any atom is 0.211 e. The number of anilines is 1. The van der Waals surface area contributed by atoms with Crippen LogP contribution in [0.4, 0.5) is 5.69 Å². The fourth-order valence-electron chi connectivity index (χ4n) is 0.869. The Balaban J connectivity index is 2.68. The molecule has 3 heteroatoms. The predicted molar refractivity (Wildman–Crippen MR) is 50.5 cm³/mol. The zero-order valence-corrected chi connectivity index (χ0v) is 6.99. The normalized spacial score (nSPS) is 8.54. The van der Waals surface area contributed by atoms with E-state index in [1.165, 1.54) is 0 Å². The van der Waals surface area contributed by atoms with Gasteiger partial charge in [0.1, 0.15) is 12.4 Å². The van der Waals surface area contributed by atoms with Crippen molar-refractivity contribution in [3.63, 3.8) is 0 Å². The first-order valence-electron chi connectivity index (χ1n) is 3.73. The molecule has 0 heterocycles. The first kappa shape index (κ1) is 9.14. The minimum atomic E-state index is 0.227. The fourth-order valence-corrected chi connectivity index (χ4v) is 0.869. The highest BCUT2D eigenvalue weighted by atomic mass is 16.5. The van der Waals surface area contributed by atoms with Crippen molar-refractivity contribution in [1.82, 2.24) is 0 Å². The zero-order chi connectivity index (χ0) is 9.52. The minimum absolute atomic E-state index is 0.227. The number of hydrogen-bond donors (Lipinski definition) is 1. The van der Waals surface area contributed by atoms with Gasteiger partial charge < -0.3 is 10.1 Å². The monoisotopic (exact) mass is 175 g/mol. The summed E-state index contributed by atoms with van der Waals surface area (Å²) in [5.41, 5.74) is 0.685. The van der Waals surface area contributed by atoms with Crippen molar-refractivity contribution in [2.45, 2.75) is 0 Å². The van der Waals surface area contributed by atoms with E-state index in [-0.39, 0.29) is 6.61 Å². The number of terminal acetylenes is 1. The van der Waals surface area contributed by atoms with Crippen LogP contribution in [0.2, 0.25) is 0 Å². The van der Waals surface area contributed by atoms with Gasteiger partial charge >= 0.3 is 0 Å². The Morgan fingerprint density at radius 2 is 2.46 bits per heavy atom. The van der Waals surface area contributed by atoms with E-state index in [2.05, 4.69) is 11.2 Å². The predicted octanol–water partition coefficient (Wildman–Crippen LogP) is 1.27. The molecule has 0 unspecified atom stereocenters. The molecule has 1 amide bonds. The van der Waals surface area contributed by atoms with Crippen molar-refractivity contribution in [1.29, 1.82) is 0 Å². The summed E-state index contributed by atoms with van der Waals surface area (Å²) in [4.78, 5) is 10.1. The molecule has 66 valence electrons. The van der Waals surface area contributed by atoms with Gasteiger partial charge in [0, 0.05) is 11.8 Å². The first-order valence-corrected chi connectivity index (χ1v) is 3.73. The number of carbonyl (C=O) groups is 1. The topological polar surface area (TPSA) is 38.3 Å². The van der Waals surface area contributed by atoms with Gasteiger partial charge in [0.15, 0.2) is 0 Å². The molecule has 0 spiro atoms. The third-order valence-corrected chi connectivity index (χ3v) is 1.38. The molecule has 0 saturated carbocycles. The highest BCUT2D eigenvalue weighted by Gasteiger charge is 1.93. The summed E-state index contributed by atoms with van der Waals surface area (Å²) in [6, 6.07) is 7.01. The molecule has 3 nitrogen and oxygen atoms in total. The van der Waals surface area contributed by atoms with Gasteiger partial charge in [-0.3, -0.25) is 4.79 Å². The van der Waals surface area contributed by atoms with Crippen LogP contribution in [0.15, 0.2) is 24.3 Å². The maximum absolute atomic E-state index is 10.1. The van der Waals surface area contributed by atoms with Crippen LogP contribution in [0.3, 0.4) is 0 Å². The number of carbonyl (C=O) groups excluding carboxylic acids is 1. The van der Waals surface area contributed by atoms with Crippen LogP contribution >= 0.6 is 0 Å². The van der Waals surface area contributed by atoms with E-state index in [1.807, 2.05) is 0 Å². The highest BCUT2D eigenvalue weighted by molar-refractivity contribution is 5.71. The van der Waals surface area contributed by atoms with Gasteiger partial charge in [0.2, 0.25) is 6.41 Å². The fraction of sp³-hybridized carbons (Fsp3) is 0.100. The Kier molecular flexibility index (Phi) is 3.40. The van der Waals surface area contributed by atoms with Gasteiger partial charge in [-0.1, -0.05) is 12.0 Å². The number of ether oxygens (including phenoxy) is 1. The molecule has 13 heavy (non-hydrogen) atoms. The quantitative estimate of drug-likeness (QED) is 0.552. The van der Waals surface area contributed by atoms with E-state index >= 15 is 0 Å². The van der Waals surface area contributed by atoms with Crippen molar-refractivity contribution < 1.29 is 9.53 Å². The molecule has 0 aliphatic rings. The molecule has 1 N–H and O–H groups in total. The van der Waals surface area contributed by atoms with Gasteiger partial charge in [-0.2, -0.15) is 0 Å². The summed E-state index contributed by atoms with van der Waals surface area (Å²) in [5.74, 6) is 3.00. The lowest BCUT2D eigenvalue weighted by atomic mass is 10.3. The average molecular weight is 175 g/mol. The molecule has 0 saturated heterocycles. The van der Waals surface area contributed by atoms with Crippen LogP contribution in [0.25, 0.3) is 0 Å². The van der Waals surface area contributed by atoms with Gasteiger partial charge in [-0.25, -0.2) is 0 Å². The van der Waals surface area contributed by atoms with E-state index in [4.69, 9.17) is 11.2 Å². The smallest absolute Gasteiger partial charge is 0.211 e. The SMILES string of the molecule is C#CCOc1cccc(NC=O)c1. The number of benzene rings is 1. The summed E-state index contributed by atoms with van der Waals surface area (Å²) in [7, 11) is 0. The van der Waals surface area contributed by atoms with E-state index < -0.39 is 0 Å². The first-order chi connectivity index (χ1) is 6.36. The molecular weight excluding hydrogens is 166 g/mol. The van der Waals surface area contributed by atoms with E-state index in [1.54, 1.807) is 24.3 Å². The lowest BCUT2D eigenvalue weighted by Gasteiger charge is -2.03. The summed E-state index contributed by atoms with van der Waals surface area (Å²) < 4.78 is 5.15. The van der Waals surface area contributed by atoms with Crippen molar-refractivity contribution in [2.75, 3.05) is 11.9 Å². The van der Waals surface area contributed by atoms with Gasteiger partial charge in [0.25, 0.3) is 0 Å². The average Bonchev–Trinajstić information content (AvgIpc) is 2.16. The third kappa shape index (κ3) is 2.88. The second-order valence-corrected chi connectivity index (χ2v) is 2.28. The van der Waals surface area contributed by atoms with E-state index in [0.29, 0.717) is 17.8 Å². The Morgan fingerprint density at radius 1 is 1.62 bits per heavy atom. The van der Waals surface area contributed by atoms with Crippen LogP contribution in [0, 0.1) is 12.3 Å². The maximum atomic E-state index is 10.1. The van der Waals surface area contributed by atoms with E-state index in [9.17, 15) is 4.79 Å². The zero-order valence-electron chi connectivity index (χ0n) is 6.99. The molecule has 0 aliphatic carbocycles. The largest absolute Gasteiger partial charge is 0.481 e. The molecule has 0 fully saturated rings. The number of rotatable bonds is 4. The van der Waals surface area contributed by atoms with Crippen molar-refractivity contribution >= 4 is 12.1 Å². The standard InChI is InChI=1S/C10H9NO2/c1-2-6-13-10-5-3-4-9(7-10)11-8-12/h1,3-5,7-8H,6H2,(H,11,12). The lowest BCUT2D eigenvalue weighted by molar-refractivity contribution is -0.105. The van der Waals surface area contributed by atoms with Crippen molar-refractivity contribution in [3.05, 3.63) is 24.3 Å². The molecule has 0 atom stereocenters. The summed E-state index contributed by atoms with van der Waals surface area (Å²) in [6.07, 6.45) is 5.64. The Bertz CT molecular complexity index is 328. The number of amides is 1. The van der Waals surface area contributed by atoms with Gasteiger partial charge in [-0.15, -0.1) is 6.42 Å². The van der Waals surface area contributed by atoms with Crippen molar-refractivity contribution in [2.24, 2.45) is 0 Å². The van der Waals surface area contributed by atoms with Crippen LogP contribution < -0.4 is 10.1 Å². The van der Waals surface area contributed by atoms with E-state index in [0.717, 1.165) is 0 Å². The molecule has 1 aromatic carbocycles. The number of hydrogen-bond acceptors (Lipinski definition) is 2. The van der Waals surface area contributed by atoms with Gasteiger partial charge in [0.05, 0.1) is 0 Å². The lowest BCUT2D eigenvalue weighted by Crippen LogP contribution is -1.96. The third-order valence-electron chi connectivity index (χ3n) is 1.38. The minimum Gasteiger partial charge on any atom is -0.481 e. The van der Waals surface area contributed by atoms with Crippen LogP contribution in [0.5, 0.6) is 5.75 Å². The molecule has 1 rings (SSSR count). The van der Waals surface area contributed by atoms with Crippen LogP contribution in [-0.4, -0.2) is 13.0 Å². The van der Waals surface area contributed by atoms with Gasteiger partial charge in [-0.05, 0) is 12.1 Å². The summed E-state index contributed by atoms with van der Waals surface area (Å²) in [5, 5.41) is 2.51. The number of nitrogens with one attached hydrogen (secondary N) is 1. The molecule has 0 aromatic heterocycles. The van der Waals surface area contributed by atoms with Crippen molar-refractivity contribution in [3.8, 4) is 18.1 Å². The van der Waals surface area contributed by atoms with Crippen LogP contribution in [0.1, 0.15) is 0 Å². The Hall–Kier alpha value is -1.95. The molecule has 0 radical (unpaired) electrons. The molecular formula is C10H9NO2. The Labute approximate surface area is 76.7 Å². The highest BCUT2D eigenvalue weighted by Crippen LogP contribution is 2.16. The second kappa shape index (κ2) is 4.83. The van der Waals surface area contributed by atoms with Crippen LogP contribution in [-0.2, 0) is 4.79 Å². The second-order valence-electron chi connectivity index (χ2n) is 2.28. The summed E-state index contributed by atoms with van der Waals surface area (Å²) in [6.45, 7) is 0.227.